The summed E-state index contributed by atoms with van der Waals surface area (Å²) in [6.45, 7) is 1.72. The van der Waals surface area contributed by atoms with Crippen LogP contribution in [0.25, 0.3) is 10.8 Å². The van der Waals surface area contributed by atoms with E-state index in [1.165, 1.54) is 16.3 Å². The van der Waals surface area contributed by atoms with Crippen LogP contribution in [0, 0.1) is 0 Å². The first-order valence-electron chi connectivity index (χ1n) is 9.43. The van der Waals surface area contributed by atoms with Crippen molar-refractivity contribution in [2.45, 2.75) is 31.6 Å². The summed E-state index contributed by atoms with van der Waals surface area (Å²) in [4.78, 5) is 14.6. The second-order valence-electron chi connectivity index (χ2n) is 7.25. The number of carbonyl (C=O) groups is 1. The topological polar surface area (TPSA) is 38.1 Å². The molecule has 0 atom stereocenters. The zero-order valence-electron chi connectivity index (χ0n) is 15.3. The quantitative estimate of drug-likeness (QED) is 0.718. The maximum Gasteiger partial charge on any atom is 0.222 e. The fraction of sp³-hybridized carbons (Fsp3) is 0.364. The van der Waals surface area contributed by atoms with Crippen molar-refractivity contribution in [2.24, 2.45) is 7.05 Å². The van der Waals surface area contributed by atoms with Crippen LogP contribution < -0.4 is 0 Å². The molecule has 2 aromatic carbocycles. The number of amides is 1. The normalized spacial score (nSPS) is 15.5. The van der Waals surface area contributed by atoms with Gasteiger partial charge in [0, 0.05) is 32.8 Å². The fourth-order valence-corrected chi connectivity index (χ4v) is 4.06. The monoisotopic (exact) mass is 347 g/mol. The summed E-state index contributed by atoms with van der Waals surface area (Å²) in [6.07, 6.45) is 7.28. The Balaban J connectivity index is 1.37. The number of aryl methyl sites for hydroxylation is 2. The molecular formula is C22H25N3O. The summed E-state index contributed by atoms with van der Waals surface area (Å²) >= 11 is 0. The molecule has 26 heavy (non-hydrogen) atoms. The number of piperidine rings is 1. The van der Waals surface area contributed by atoms with Crippen LogP contribution in [0.2, 0.25) is 0 Å². The van der Waals surface area contributed by atoms with Crippen LogP contribution in [0.4, 0.5) is 0 Å². The third-order valence-corrected chi connectivity index (χ3v) is 5.50. The van der Waals surface area contributed by atoms with Gasteiger partial charge in [-0.2, -0.15) is 5.10 Å². The van der Waals surface area contributed by atoms with Gasteiger partial charge in [0.25, 0.3) is 0 Å². The van der Waals surface area contributed by atoms with Crippen molar-refractivity contribution in [3.05, 3.63) is 66.0 Å². The number of rotatable bonds is 4. The highest BCUT2D eigenvalue weighted by atomic mass is 16.2. The third kappa shape index (κ3) is 3.50. The van der Waals surface area contributed by atoms with Gasteiger partial charge in [-0.1, -0.05) is 42.5 Å². The first-order valence-corrected chi connectivity index (χ1v) is 9.43. The van der Waals surface area contributed by atoms with Crippen molar-refractivity contribution < 1.29 is 4.79 Å². The van der Waals surface area contributed by atoms with E-state index in [9.17, 15) is 4.79 Å². The van der Waals surface area contributed by atoms with Gasteiger partial charge in [-0.25, -0.2) is 0 Å². The number of carbonyl (C=O) groups excluding carboxylic acids is 1. The molecule has 134 valence electrons. The number of likely N-dealkylation sites (tertiary alicyclic amines) is 1. The van der Waals surface area contributed by atoms with Crippen molar-refractivity contribution in [1.29, 1.82) is 0 Å². The summed E-state index contributed by atoms with van der Waals surface area (Å²) in [7, 11) is 1.91. The van der Waals surface area contributed by atoms with Crippen molar-refractivity contribution in [3.63, 3.8) is 0 Å². The molecule has 0 saturated carbocycles. The van der Waals surface area contributed by atoms with Crippen molar-refractivity contribution in [2.75, 3.05) is 13.1 Å². The van der Waals surface area contributed by atoms with Crippen LogP contribution in [0.1, 0.15) is 36.3 Å². The molecular weight excluding hydrogens is 322 g/mol. The van der Waals surface area contributed by atoms with Crippen molar-refractivity contribution in [3.8, 4) is 0 Å². The van der Waals surface area contributed by atoms with E-state index in [0.717, 1.165) is 37.9 Å². The van der Waals surface area contributed by atoms with Gasteiger partial charge < -0.3 is 4.90 Å². The lowest BCUT2D eigenvalue weighted by Gasteiger charge is -2.33. The van der Waals surface area contributed by atoms with Gasteiger partial charge in [0.05, 0.1) is 6.20 Å². The van der Waals surface area contributed by atoms with Gasteiger partial charge >= 0.3 is 0 Å². The van der Waals surface area contributed by atoms with Gasteiger partial charge in [-0.05, 0) is 47.1 Å². The summed E-state index contributed by atoms with van der Waals surface area (Å²) in [6, 6.07) is 15.2. The molecule has 0 N–H and O–H groups in total. The molecule has 0 radical (unpaired) electrons. The predicted molar refractivity (Wildman–Crippen MR) is 104 cm³/mol. The zero-order chi connectivity index (χ0) is 17.9. The van der Waals surface area contributed by atoms with Crippen molar-refractivity contribution in [1.82, 2.24) is 14.7 Å². The van der Waals surface area contributed by atoms with Crippen LogP contribution in [-0.2, 0) is 18.3 Å². The molecule has 2 heterocycles. The fourth-order valence-electron chi connectivity index (χ4n) is 4.06. The van der Waals surface area contributed by atoms with Crippen LogP contribution in [0.5, 0.6) is 0 Å². The van der Waals surface area contributed by atoms with E-state index in [1.807, 2.05) is 24.3 Å². The Labute approximate surface area is 154 Å². The molecule has 0 spiro atoms. The van der Waals surface area contributed by atoms with E-state index in [4.69, 9.17) is 0 Å². The smallest absolute Gasteiger partial charge is 0.222 e. The minimum atomic E-state index is 0.269. The molecule has 4 nitrogen and oxygen atoms in total. The minimum Gasteiger partial charge on any atom is -0.343 e. The Morgan fingerprint density at radius 3 is 2.65 bits per heavy atom. The molecule has 3 aromatic rings. The SMILES string of the molecule is Cn1cc(CCC(=O)N2CCC(c3cccc4ccccc34)CC2)cn1. The Hall–Kier alpha value is -2.62. The summed E-state index contributed by atoms with van der Waals surface area (Å²) in [5.74, 6) is 0.814. The van der Waals surface area contributed by atoms with E-state index in [1.54, 1.807) is 4.68 Å². The van der Waals surface area contributed by atoms with Gasteiger partial charge in [-0.3, -0.25) is 9.48 Å². The summed E-state index contributed by atoms with van der Waals surface area (Å²) in [5.41, 5.74) is 2.57. The van der Waals surface area contributed by atoms with Gasteiger partial charge in [0.2, 0.25) is 5.91 Å². The minimum absolute atomic E-state index is 0.269. The molecule has 1 aromatic heterocycles. The maximum atomic E-state index is 12.5. The van der Waals surface area contributed by atoms with E-state index in [-0.39, 0.29) is 5.91 Å². The van der Waals surface area contributed by atoms with E-state index in [0.29, 0.717) is 12.3 Å². The summed E-state index contributed by atoms with van der Waals surface area (Å²) < 4.78 is 1.79. The lowest BCUT2D eigenvalue weighted by atomic mass is 9.86. The number of hydrogen-bond donors (Lipinski definition) is 0. The van der Waals surface area contributed by atoms with Gasteiger partial charge in [0.15, 0.2) is 0 Å². The molecule has 1 saturated heterocycles. The number of nitrogens with zero attached hydrogens (tertiary/aromatic N) is 3. The molecule has 1 aliphatic rings. The van der Waals surface area contributed by atoms with Crippen LogP contribution in [-0.4, -0.2) is 33.7 Å². The average Bonchev–Trinajstić information content (AvgIpc) is 3.11. The molecule has 0 aliphatic carbocycles. The third-order valence-electron chi connectivity index (χ3n) is 5.50. The average molecular weight is 347 g/mol. The number of benzene rings is 2. The van der Waals surface area contributed by atoms with Gasteiger partial charge in [0.1, 0.15) is 0 Å². The molecule has 1 aliphatic heterocycles. The highest BCUT2D eigenvalue weighted by Crippen LogP contribution is 2.33. The van der Waals surface area contributed by atoms with Crippen LogP contribution in [0.15, 0.2) is 54.9 Å². The first kappa shape index (κ1) is 16.8. The second kappa shape index (κ2) is 7.32. The molecule has 0 bridgehead atoms. The number of aromatic nitrogens is 2. The van der Waals surface area contributed by atoms with E-state index in [2.05, 4.69) is 47.6 Å². The highest BCUT2D eigenvalue weighted by molar-refractivity contribution is 5.86. The molecule has 1 amide bonds. The second-order valence-corrected chi connectivity index (χ2v) is 7.25. The van der Waals surface area contributed by atoms with Crippen molar-refractivity contribution >= 4 is 16.7 Å². The largest absolute Gasteiger partial charge is 0.343 e. The van der Waals surface area contributed by atoms with E-state index < -0.39 is 0 Å². The molecule has 4 rings (SSSR count). The summed E-state index contributed by atoms with van der Waals surface area (Å²) in [5, 5.41) is 6.83. The first-order chi connectivity index (χ1) is 12.7. The van der Waals surface area contributed by atoms with Gasteiger partial charge in [-0.15, -0.1) is 0 Å². The lowest BCUT2D eigenvalue weighted by molar-refractivity contribution is -0.132. The lowest BCUT2D eigenvalue weighted by Crippen LogP contribution is -2.38. The zero-order valence-corrected chi connectivity index (χ0v) is 15.3. The molecule has 4 heteroatoms. The Morgan fingerprint density at radius 1 is 1.12 bits per heavy atom. The highest BCUT2D eigenvalue weighted by Gasteiger charge is 2.24. The Bertz CT molecular complexity index is 901. The maximum absolute atomic E-state index is 12.5. The predicted octanol–water partition coefficient (Wildman–Crippen LogP) is 3.91. The number of hydrogen-bond acceptors (Lipinski definition) is 2. The van der Waals surface area contributed by atoms with E-state index >= 15 is 0 Å². The number of fused-ring (bicyclic) bond motifs is 1. The molecule has 1 fully saturated rings. The Morgan fingerprint density at radius 2 is 1.88 bits per heavy atom. The van der Waals surface area contributed by atoms with Crippen LogP contribution >= 0.6 is 0 Å². The standard InChI is InChI=1S/C22H25N3O/c1-24-16-17(15-23-24)9-10-22(26)25-13-11-19(12-14-25)21-8-4-6-18-5-2-3-7-20(18)21/h2-8,15-16,19H,9-14H2,1H3. The molecule has 0 unspecified atom stereocenters. The van der Waals surface area contributed by atoms with Crippen LogP contribution in [0.3, 0.4) is 0 Å². The Kier molecular flexibility index (Phi) is 4.74.